The number of aliphatic hydroxyl groups is 1. The third kappa shape index (κ3) is 4.21. The summed E-state index contributed by atoms with van der Waals surface area (Å²) < 4.78 is 0. The van der Waals surface area contributed by atoms with Gasteiger partial charge in [-0.15, -0.1) is 0 Å². The van der Waals surface area contributed by atoms with Crippen molar-refractivity contribution in [2.24, 2.45) is 0 Å². The van der Waals surface area contributed by atoms with E-state index in [9.17, 15) is 19.7 Å². The number of nitro groups is 1. The van der Waals surface area contributed by atoms with Crippen molar-refractivity contribution in [1.29, 1.82) is 0 Å². The minimum atomic E-state index is -0.472. The summed E-state index contributed by atoms with van der Waals surface area (Å²) in [7, 11) is 0. The Balaban J connectivity index is 1.83. The number of aliphatic hydroxyl groups excluding tert-OH is 1. The normalized spacial score (nSPS) is 15.6. The van der Waals surface area contributed by atoms with Crippen LogP contribution in [0, 0.1) is 10.1 Å². The molecule has 0 atom stereocenters. The van der Waals surface area contributed by atoms with Crippen LogP contribution in [0.5, 0.6) is 0 Å². The number of rotatable bonds is 6. The molecule has 0 saturated carbocycles. The zero-order valence-corrected chi connectivity index (χ0v) is 14.9. The van der Waals surface area contributed by atoms with Crippen molar-refractivity contribution in [2.75, 3.05) is 13.2 Å². The quantitative estimate of drug-likeness (QED) is 0.462. The van der Waals surface area contributed by atoms with E-state index in [4.69, 9.17) is 5.11 Å². The summed E-state index contributed by atoms with van der Waals surface area (Å²) in [6.07, 6.45) is 1.87. The van der Waals surface area contributed by atoms with Gasteiger partial charge in [0.25, 0.3) is 16.8 Å². The van der Waals surface area contributed by atoms with Crippen LogP contribution in [0.1, 0.15) is 12.1 Å². The van der Waals surface area contributed by atoms with Gasteiger partial charge >= 0.3 is 0 Å². The highest BCUT2D eigenvalue weighted by Gasteiger charge is 2.34. The molecule has 3 rings (SSSR count). The predicted octanol–water partition coefficient (Wildman–Crippen LogP) is 3.08. The first-order valence-corrected chi connectivity index (χ1v) is 8.89. The average molecular weight is 385 g/mol. The molecule has 2 aromatic rings. The van der Waals surface area contributed by atoms with E-state index >= 15 is 0 Å². The Morgan fingerprint density at radius 3 is 2.59 bits per heavy atom. The number of aromatic nitrogens is 1. The number of pyridine rings is 1. The Morgan fingerprint density at radius 1 is 1.19 bits per heavy atom. The minimum absolute atomic E-state index is 0.00791. The number of imide groups is 1. The lowest BCUT2D eigenvalue weighted by atomic mass is 10.1. The van der Waals surface area contributed by atoms with Gasteiger partial charge < -0.3 is 5.11 Å². The third-order valence-corrected chi connectivity index (χ3v) is 4.74. The van der Waals surface area contributed by atoms with Crippen molar-refractivity contribution < 1.29 is 19.6 Å². The molecule has 2 heterocycles. The fourth-order valence-electron chi connectivity index (χ4n) is 2.50. The molecule has 0 aliphatic carbocycles. The Morgan fingerprint density at radius 2 is 1.93 bits per heavy atom. The highest BCUT2D eigenvalue weighted by molar-refractivity contribution is 8.18. The second-order valence-corrected chi connectivity index (χ2v) is 6.66. The van der Waals surface area contributed by atoms with Gasteiger partial charge in [-0.3, -0.25) is 24.6 Å². The number of benzene rings is 1. The molecular weight excluding hydrogens is 370 g/mol. The Bertz CT molecular complexity index is 927. The second kappa shape index (κ2) is 8.11. The van der Waals surface area contributed by atoms with Crippen LogP contribution in [0.3, 0.4) is 0 Å². The van der Waals surface area contributed by atoms with Crippen LogP contribution < -0.4 is 0 Å². The molecule has 2 amide bonds. The number of nitro benzene ring substituents is 1. The van der Waals surface area contributed by atoms with Gasteiger partial charge in [-0.25, -0.2) is 4.98 Å². The molecule has 1 N–H and O–H groups in total. The highest BCUT2D eigenvalue weighted by atomic mass is 32.2. The molecule has 27 heavy (non-hydrogen) atoms. The molecule has 1 aromatic carbocycles. The van der Waals surface area contributed by atoms with Gasteiger partial charge in [0.2, 0.25) is 0 Å². The average Bonchev–Trinajstić information content (AvgIpc) is 2.93. The van der Waals surface area contributed by atoms with Gasteiger partial charge in [0.1, 0.15) is 0 Å². The lowest BCUT2D eigenvalue weighted by Gasteiger charge is -2.10. The van der Waals surface area contributed by atoms with Crippen molar-refractivity contribution in [3.8, 4) is 11.3 Å². The van der Waals surface area contributed by atoms with Gasteiger partial charge in [0.15, 0.2) is 0 Å². The van der Waals surface area contributed by atoms with Crippen molar-refractivity contribution in [1.82, 2.24) is 9.88 Å². The fraction of sp³-hybridized carbons (Fsp3) is 0.167. The van der Waals surface area contributed by atoms with E-state index in [1.807, 2.05) is 0 Å². The smallest absolute Gasteiger partial charge is 0.293 e. The maximum atomic E-state index is 12.3. The summed E-state index contributed by atoms with van der Waals surface area (Å²) in [6, 6.07) is 11.2. The largest absolute Gasteiger partial charge is 0.396 e. The minimum Gasteiger partial charge on any atom is -0.396 e. The lowest BCUT2D eigenvalue weighted by Crippen LogP contribution is -2.29. The Hall–Kier alpha value is -3.04. The number of amides is 2. The second-order valence-electron chi connectivity index (χ2n) is 5.66. The number of nitrogens with zero attached hydrogens (tertiary/aromatic N) is 3. The molecule has 0 bridgehead atoms. The summed E-state index contributed by atoms with van der Waals surface area (Å²) in [6.45, 7) is 0.0778. The number of carbonyl (C=O) groups excluding carboxylic acids is 2. The molecule has 0 unspecified atom stereocenters. The monoisotopic (exact) mass is 385 g/mol. The first-order chi connectivity index (χ1) is 13.0. The van der Waals surface area contributed by atoms with Crippen molar-refractivity contribution in [3.05, 3.63) is 63.2 Å². The molecule has 138 valence electrons. The van der Waals surface area contributed by atoms with E-state index < -0.39 is 10.8 Å². The zero-order valence-electron chi connectivity index (χ0n) is 14.1. The van der Waals surface area contributed by atoms with E-state index in [-0.39, 0.29) is 29.0 Å². The van der Waals surface area contributed by atoms with Crippen molar-refractivity contribution in [2.45, 2.75) is 6.42 Å². The van der Waals surface area contributed by atoms with E-state index in [1.165, 1.54) is 12.1 Å². The van der Waals surface area contributed by atoms with Crippen LogP contribution >= 0.6 is 11.8 Å². The van der Waals surface area contributed by atoms with Gasteiger partial charge in [0, 0.05) is 30.8 Å². The van der Waals surface area contributed by atoms with Crippen LogP contribution in [-0.4, -0.2) is 44.2 Å². The molecule has 0 spiro atoms. The maximum absolute atomic E-state index is 12.3. The summed E-state index contributed by atoms with van der Waals surface area (Å²) >= 11 is 0.836. The number of hydrogen-bond donors (Lipinski definition) is 1. The van der Waals surface area contributed by atoms with E-state index in [1.54, 1.807) is 36.4 Å². The van der Waals surface area contributed by atoms with Crippen LogP contribution in [0.25, 0.3) is 17.3 Å². The maximum Gasteiger partial charge on any atom is 0.293 e. The number of carbonyl (C=O) groups is 2. The number of hydrogen-bond acceptors (Lipinski definition) is 7. The predicted molar refractivity (Wildman–Crippen MR) is 101 cm³/mol. The van der Waals surface area contributed by atoms with Gasteiger partial charge in [-0.1, -0.05) is 6.07 Å². The fourth-order valence-corrected chi connectivity index (χ4v) is 3.35. The number of non-ortho nitro benzene ring substituents is 1. The Kier molecular flexibility index (Phi) is 5.63. The van der Waals surface area contributed by atoms with Crippen molar-refractivity contribution >= 4 is 34.7 Å². The van der Waals surface area contributed by atoms with E-state index in [2.05, 4.69) is 4.98 Å². The number of thioether (sulfide) groups is 1. The SMILES string of the molecule is O=C1S/C(=C\c2cccc(-c3ccc([N+](=O)[O-])cc3)n2)C(=O)N1CCCO. The summed E-state index contributed by atoms with van der Waals surface area (Å²) in [5.74, 6) is -0.402. The van der Waals surface area contributed by atoms with Crippen LogP contribution in [0.4, 0.5) is 10.5 Å². The molecule has 9 heteroatoms. The first kappa shape index (κ1) is 18.7. The summed E-state index contributed by atoms with van der Waals surface area (Å²) in [5.41, 5.74) is 1.79. The van der Waals surface area contributed by atoms with E-state index in [0.29, 0.717) is 23.4 Å². The first-order valence-electron chi connectivity index (χ1n) is 8.07. The van der Waals surface area contributed by atoms with Crippen LogP contribution in [0.2, 0.25) is 0 Å². The molecule has 1 aromatic heterocycles. The van der Waals surface area contributed by atoms with Crippen LogP contribution in [0.15, 0.2) is 47.4 Å². The standard InChI is InChI=1S/C18H15N3O5S/c22-10-2-9-20-17(23)16(27-18(20)24)11-13-3-1-4-15(19-13)12-5-7-14(8-6-12)21(25)26/h1,3-8,11,22H,2,9-10H2/b16-11-. The molecule has 1 fully saturated rings. The molecule has 0 radical (unpaired) electrons. The summed E-state index contributed by atoms with van der Waals surface area (Å²) in [4.78, 5) is 40.4. The van der Waals surface area contributed by atoms with Gasteiger partial charge in [-0.2, -0.15) is 0 Å². The lowest BCUT2D eigenvalue weighted by molar-refractivity contribution is -0.384. The zero-order chi connectivity index (χ0) is 19.4. The third-order valence-electron chi connectivity index (χ3n) is 3.84. The topological polar surface area (TPSA) is 114 Å². The molecular formula is C18H15N3O5S. The molecule has 8 nitrogen and oxygen atoms in total. The van der Waals surface area contributed by atoms with Gasteiger partial charge in [-0.05, 0) is 48.5 Å². The highest BCUT2D eigenvalue weighted by Crippen LogP contribution is 2.32. The Labute approximate surface area is 158 Å². The molecule has 1 aliphatic rings. The van der Waals surface area contributed by atoms with Gasteiger partial charge in [0.05, 0.1) is 21.2 Å². The van der Waals surface area contributed by atoms with E-state index in [0.717, 1.165) is 16.7 Å². The molecule has 1 aliphatic heterocycles. The van der Waals surface area contributed by atoms with Crippen molar-refractivity contribution in [3.63, 3.8) is 0 Å². The van der Waals surface area contributed by atoms with Crippen LogP contribution in [-0.2, 0) is 4.79 Å². The summed E-state index contributed by atoms with van der Waals surface area (Å²) in [5, 5.41) is 19.2. The molecule has 1 saturated heterocycles.